The van der Waals surface area contributed by atoms with Gasteiger partial charge in [-0.25, -0.2) is 0 Å². The predicted octanol–water partition coefficient (Wildman–Crippen LogP) is 4.85. The fourth-order valence-electron chi connectivity index (χ4n) is 4.77. The van der Waals surface area contributed by atoms with Crippen LogP contribution in [0.4, 0.5) is 0 Å². The molecule has 2 fully saturated rings. The molecule has 0 bridgehead atoms. The third kappa shape index (κ3) is 3.68. The highest BCUT2D eigenvalue weighted by molar-refractivity contribution is 7.52. The molecule has 0 amide bonds. The van der Waals surface area contributed by atoms with Gasteiger partial charge in [0, 0.05) is 17.7 Å². The van der Waals surface area contributed by atoms with Crippen LogP contribution < -0.4 is 10.4 Å². The largest absolute Gasteiger partial charge is 0.338 e. The van der Waals surface area contributed by atoms with E-state index in [-0.39, 0.29) is 5.16 Å². The molecule has 0 aliphatic carbocycles. The predicted molar refractivity (Wildman–Crippen MR) is 120 cm³/mol. The molecular formula is C23H32NOPSi. The summed E-state index contributed by atoms with van der Waals surface area (Å²) in [7, 11) is -2.36. The van der Waals surface area contributed by atoms with E-state index in [1.807, 2.05) is 0 Å². The van der Waals surface area contributed by atoms with Crippen molar-refractivity contribution in [1.29, 1.82) is 0 Å². The van der Waals surface area contributed by atoms with E-state index in [0.29, 0.717) is 12.1 Å². The van der Waals surface area contributed by atoms with Gasteiger partial charge in [-0.05, 0) is 18.9 Å². The molecule has 0 unspecified atom stereocenters. The summed E-state index contributed by atoms with van der Waals surface area (Å²) in [4.78, 5) is 0. The van der Waals surface area contributed by atoms with Crippen LogP contribution in [0.25, 0.3) is 0 Å². The molecule has 2 heterocycles. The fraction of sp³-hybridized carbons (Fsp3) is 0.478. The summed E-state index contributed by atoms with van der Waals surface area (Å²) >= 11 is 0. The molecule has 3 atom stereocenters. The molecule has 2 saturated heterocycles. The normalized spacial score (nSPS) is 26.3. The van der Waals surface area contributed by atoms with E-state index in [1.165, 1.54) is 35.8 Å². The standard InChI is InChI=1S/C23H32NOPSi/c1-23(2,3)26-24-17-11-16-21(24)22(25-26)18-27(4,19-12-7-5-8-13-19)20-14-9-6-10-15-20/h5-10,12-15,21-22H,11,16-18H2,1-4H3/t21-,22+,26-/m0/s1. The van der Waals surface area contributed by atoms with Crippen LogP contribution in [0.2, 0.25) is 12.6 Å². The van der Waals surface area contributed by atoms with Crippen molar-refractivity contribution in [3.8, 4) is 0 Å². The van der Waals surface area contributed by atoms with Gasteiger partial charge in [0.25, 0.3) is 0 Å². The quantitative estimate of drug-likeness (QED) is 0.540. The molecule has 2 aliphatic rings. The second kappa shape index (κ2) is 7.44. The summed E-state index contributed by atoms with van der Waals surface area (Å²) in [6, 6.07) is 24.2. The van der Waals surface area contributed by atoms with Crippen LogP contribution in [0.5, 0.6) is 0 Å². The molecule has 2 aromatic rings. The molecule has 0 spiro atoms. The van der Waals surface area contributed by atoms with Crippen LogP contribution in [-0.2, 0) is 4.52 Å². The lowest BCUT2D eigenvalue weighted by Crippen LogP contribution is -2.58. The number of hydrogen-bond acceptors (Lipinski definition) is 2. The second-order valence-electron chi connectivity index (χ2n) is 9.23. The Hall–Kier alpha value is -0.993. The third-order valence-electron chi connectivity index (χ3n) is 6.17. The minimum Gasteiger partial charge on any atom is -0.338 e. The first kappa shape index (κ1) is 19.3. The van der Waals surface area contributed by atoms with Crippen molar-refractivity contribution in [2.75, 3.05) is 6.54 Å². The summed E-state index contributed by atoms with van der Waals surface area (Å²) in [5.74, 6) is 0. The van der Waals surface area contributed by atoms with Crippen LogP contribution in [0.1, 0.15) is 33.6 Å². The van der Waals surface area contributed by atoms with Gasteiger partial charge in [-0.3, -0.25) is 4.67 Å². The summed E-state index contributed by atoms with van der Waals surface area (Å²) in [5, 5.41) is 3.28. The van der Waals surface area contributed by atoms with Gasteiger partial charge in [0.1, 0.15) is 16.4 Å². The minimum absolute atomic E-state index is 0.226. The van der Waals surface area contributed by atoms with E-state index in [2.05, 4.69) is 92.7 Å². The molecule has 4 rings (SSSR count). The van der Waals surface area contributed by atoms with Gasteiger partial charge in [-0.1, -0.05) is 98.4 Å². The molecule has 2 nitrogen and oxygen atoms in total. The first-order valence-corrected chi connectivity index (χ1v) is 14.2. The molecule has 0 saturated carbocycles. The van der Waals surface area contributed by atoms with E-state index in [0.717, 1.165) is 0 Å². The molecule has 4 heteroatoms. The molecule has 0 radical (unpaired) electrons. The van der Waals surface area contributed by atoms with Gasteiger partial charge >= 0.3 is 0 Å². The lowest BCUT2D eigenvalue weighted by molar-refractivity contribution is 0.227. The number of hydrogen-bond donors (Lipinski definition) is 0. The highest BCUT2D eigenvalue weighted by Crippen LogP contribution is 2.63. The van der Waals surface area contributed by atoms with Crippen LogP contribution in [0, 0.1) is 0 Å². The SMILES string of the molecule is CC(C)(C)[P@]1O[C@H](C[Si](C)(c2ccccc2)c2ccccc2)[C@@H]2CCCN21. The molecule has 2 aliphatic heterocycles. The van der Waals surface area contributed by atoms with E-state index >= 15 is 0 Å². The number of nitrogens with zero attached hydrogens (tertiary/aromatic N) is 1. The minimum atomic E-state index is -1.86. The van der Waals surface area contributed by atoms with E-state index < -0.39 is 16.4 Å². The molecule has 144 valence electrons. The maximum atomic E-state index is 6.86. The molecule has 27 heavy (non-hydrogen) atoms. The van der Waals surface area contributed by atoms with Crippen molar-refractivity contribution >= 4 is 26.7 Å². The lowest BCUT2D eigenvalue weighted by atomic mass is 10.1. The summed E-state index contributed by atoms with van der Waals surface area (Å²) in [5.41, 5.74) is 0. The summed E-state index contributed by atoms with van der Waals surface area (Å²) < 4.78 is 9.58. The highest BCUT2D eigenvalue weighted by atomic mass is 31.2. The number of rotatable bonds is 4. The summed E-state index contributed by atoms with van der Waals surface area (Å²) in [6.45, 7) is 10.8. The monoisotopic (exact) mass is 397 g/mol. The maximum Gasteiger partial charge on any atom is 0.117 e. The zero-order valence-electron chi connectivity index (χ0n) is 17.1. The Kier molecular flexibility index (Phi) is 5.33. The Morgan fingerprint density at radius 3 is 2.07 bits per heavy atom. The Labute approximate surface area is 166 Å². The Balaban J connectivity index is 1.69. The van der Waals surface area contributed by atoms with Crippen LogP contribution in [0.3, 0.4) is 0 Å². The first-order valence-electron chi connectivity index (χ1n) is 10.2. The number of benzene rings is 2. The maximum absolute atomic E-state index is 6.86. The third-order valence-corrected chi connectivity index (χ3v) is 13.2. The van der Waals surface area contributed by atoms with Gasteiger partial charge in [-0.15, -0.1) is 0 Å². The Bertz CT molecular complexity index is 721. The average molecular weight is 398 g/mol. The van der Waals surface area contributed by atoms with Crippen molar-refractivity contribution in [3.05, 3.63) is 60.7 Å². The van der Waals surface area contributed by atoms with Crippen molar-refractivity contribution < 1.29 is 4.52 Å². The van der Waals surface area contributed by atoms with E-state index in [4.69, 9.17) is 4.52 Å². The molecule has 0 aromatic heterocycles. The molecular weight excluding hydrogens is 365 g/mol. The lowest BCUT2D eigenvalue weighted by Gasteiger charge is -2.33. The van der Waals surface area contributed by atoms with Crippen molar-refractivity contribution in [3.63, 3.8) is 0 Å². The van der Waals surface area contributed by atoms with Crippen LogP contribution in [-0.4, -0.2) is 36.6 Å². The van der Waals surface area contributed by atoms with Gasteiger partial charge in [0.15, 0.2) is 0 Å². The average Bonchev–Trinajstić information content (AvgIpc) is 3.26. The summed E-state index contributed by atoms with van der Waals surface area (Å²) in [6.07, 6.45) is 3.00. The first-order chi connectivity index (χ1) is 12.9. The van der Waals surface area contributed by atoms with Crippen molar-refractivity contribution in [2.45, 2.75) is 63.5 Å². The zero-order valence-corrected chi connectivity index (χ0v) is 19.0. The second-order valence-corrected chi connectivity index (χ2v) is 16.1. The van der Waals surface area contributed by atoms with Gasteiger partial charge in [0.05, 0.1) is 6.10 Å². The fourth-order valence-corrected chi connectivity index (χ4v) is 11.3. The smallest absolute Gasteiger partial charge is 0.117 e. The van der Waals surface area contributed by atoms with Gasteiger partial charge in [0.2, 0.25) is 0 Å². The highest BCUT2D eigenvalue weighted by Gasteiger charge is 2.51. The Morgan fingerprint density at radius 2 is 1.56 bits per heavy atom. The Morgan fingerprint density at radius 1 is 1.00 bits per heavy atom. The topological polar surface area (TPSA) is 12.5 Å². The van der Waals surface area contributed by atoms with Crippen molar-refractivity contribution in [1.82, 2.24) is 4.67 Å². The van der Waals surface area contributed by atoms with Crippen molar-refractivity contribution in [2.24, 2.45) is 0 Å². The molecule has 0 N–H and O–H groups in total. The number of fused-ring (bicyclic) bond motifs is 1. The van der Waals surface area contributed by atoms with Crippen LogP contribution >= 0.6 is 8.30 Å². The van der Waals surface area contributed by atoms with E-state index in [1.54, 1.807) is 0 Å². The molecule has 2 aromatic carbocycles. The zero-order chi connectivity index (χ0) is 19.1. The van der Waals surface area contributed by atoms with E-state index in [9.17, 15) is 0 Å². The van der Waals surface area contributed by atoms with Gasteiger partial charge in [-0.2, -0.15) is 0 Å². The van der Waals surface area contributed by atoms with Crippen LogP contribution in [0.15, 0.2) is 60.7 Å². The van der Waals surface area contributed by atoms with Gasteiger partial charge < -0.3 is 4.52 Å².